The fourth-order valence-electron chi connectivity index (χ4n) is 5.45. The Morgan fingerprint density at radius 3 is 2.45 bits per heavy atom. The molecular weight excluding hydrogens is 594 g/mol. The number of benzene rings is 2. The van der Waals surface area contributed by atoms with Crippen LogP contribution in [0.4, 0.5) is 0 Å². The summed E-state index contributed by atoms with van der Waals surface area (Å²) in [6.07, 6.45) is 5.58. The lowest BCUT2D eigenvalue weighted by molar-refractivity contribution is -0.130. The summed E-state index contributed by atoms with van der Waals surface area (Å²) >= 11 is 0. The number of amides is 3. The highest BCUT2D eigenvalue weighted by Crippen LogP contribution is 2.16. The van der Waals surface area contributed by atoms with Crippen molar-refractivity contribution in [1.29, 1.82) is 0 Å². The Balaban J connectivity index is 1.37. The SMILES string of the molecule is CCC(C)C(NC(=O)c1cn(CC)c2nc(C)ccc2c1=O)C(=O)NC(Cc1ccccc1)C(=O)N/N=C/c1c[nH]c2ccccc12. The van der Waals surface area contributed by atoms with Crippen molar-refractivity contribution in [3.05, 3.63) is 112 Å². The molecule has 0 bridgehead atoms. The van der Waals surface area contributed by atoms with E-state index in [0.29, 0.717) is 24.0 Å². The standard InChI is InChI=1S/C36H39N7O4/c1-5-22(3)31(41-34(45)28-21-43(6-2)33-27(32(28)44)17-16-23(4)39-33)36(47)40-30(18-24-12-8-7-9-13-24)35(46)42-38-20-25-19-37-29-15-11-10-14-26(25)29/h7-17,19-22,30-31,37H,5-6,18H2,1-4H3,(H,40,47)(H,41,45)(H,42,46)/b38-20+. The van der Waals surface area contributed by atoms with Crippen molar-refractivity contribution in [1.82, 2.24) is 30.6 Å². The molecule has 0 saturated heterocycles. The molecule has 3 heterocycles. The van der Waals surface area contributed by atoms with Crippen molar-refractivity contribution < 1.29 is 14.4 Å². The van der Waals surface area contributed by atoms with Gasteiger partial charge in [0.15, 0.2) is 0 Å². The molecule has 0 aliphatic heterocycles. The van der Waals surface area contributed by atoms with Crippen LogP contribution in [0, 0.1) is 12.8 Å². The number of fused-ring (bicyclic) bond motifs is 2. The predicted molar refractivity (Wildman–Crippen MR) is 183 cm³/mol. The number of pyridine rings is 2. The average molecular weight is 634 g/mol. The number of nitrogens with one attached hydrogen (secondary N) is 4. The number of rotatable bonds is 12. The van der Waals surface area contributed by atoms with Crippen LogP contribution in [0.3, 0.4) is 0 Å². The van der Waals surface area contributed by atoms with Gasteiger partial charge in [0.2, 0.25) is 11.3 Å². The molecule has 0 fully saturated rings. The van der Waals surface area contributed by atoms with Crippen LogP contribution in [0.25, 0.3) is 21.9 Å². The van der Waals surface area contributed by atoms with Crippen molar-refractivity contribution in [2.45, 2.75) is 59.2 Å². The third-order valence-electron chi connectivity index (χ3n) is 8.34. The van der Waals surface area contributed by atoms with E-state index in [1.54, 1.807) is 29.1 Å². The lowest BCUT2D eigenvalue weighted by atomic mass is 9.96. The number of hydrogen-bond donors (Lipinski definition) is 4. The van der Waals surface area contributed by atoms with E-state index < -0.39 is 35.2 Å². The minimum atomic E-state index is -1.02. The van der Waals surface area contributed by atoms with Crippen molar-refractivity contribution >= 4 is 45.9 Å². The van der Waals surface area contributed by atoms with Crippen molar-refractivity contribution in [3.8, 4) is 0 Å². The third-order valence-corrected chi connectivity index (χ3v) is 8.34. The molecule has 47 heavy (non-hydrogen) atoms. The Labute approximate surface area is 272 Å². The van der Waals surface area contributed by atoms with Gasteiger partial charge < -0.3 is 20.2 Å². The largest absolute Gasteiger partial charge is 0.361 e. The zero-order valence-electron chi connectivity index (χ0n) is 26.9. The summed E-state index contributed by atoms with van der Waals surface area (Å²) < 4.78 is 1.74. The molecule has 0 aliphatic rings. The highest BCUT2D eigenvalue weighted by Gasteiger charge is 2.31. The average Bonchev–Trinajstić information content (AvgIpc) is 3.49. The topological polar surface area (TPSA) is 150 Å². The fraction of sp³-hybridized carbons (Fsp3) is 0.278. The Morgan fingerprint density at radius 2 is 1.70 bits per heavy atom. The van der Waals surface area contributed by atoms with E-state index in [1.807, 2.05) is 82.3 Å². The number of hydrogen-bond acceptors (Lipinski definition) is 6. The number of aromatic nitrogens is 3. The van der Waals surface area contributed by atoms with E-state index in [4.69, 9.17) is 0 Å². The first-order valence-corrected chi connectivity index (χ1v) is 15.7. The van der Waals surface area contributed by atoms with Gasteiger partial charge in [0, 0.05) is 47.5 Å². The normalized spacial score (nSPS) is 13.4. The number of hydrazone groups is 1. The molecule has 0 radical (unpaired) electrons. The summed E-state index contributed by atoms with van der Waals surface area (Å²) in [5.74, 6) is -2.04. The van der Waals surface area contributed by atoms with E-state index in [1.165, 1.54) is 6.20 Å². The molecule has 0 aliphatic carbocycles. The summed E-state index contributed by atoms with van der Waals surface area (Å²) in [6, 6.07) is 18.4. The number of aryl methyl sites for hydroxylation is 2. The van der Waals surface area contributed by atoms with Gasteiger partial charge in [-0.3, -0.25) is 19.2 Å². The molecule has 4 N–H and O–H groups in total. The van der Waals surface area contributed by atoms with Gasteiger partial charge in [-0.25, -0.2) is 10.4 Å². The van der Waals surface area contributed by atoms with Gasteiger partial charge in [-0.15, -0.1) is 0 Å². The summed E-state index contributed by atoms with van der Waals surface area (Å²) in [5.41, 5.74) is 5.83. The van der Waals surface area contributed by atoms with Crippen LogP contribution in [-0.2, 0) is 22.6 Å². The van der Waals surface area contributed by atoms with Crippen LogP contribution in [0.1, 0.15) is 54.4 Å². The lowest BCUT2D eigenvalue weighted by Crippen LogP contribution is -2.56. The van der Waals surface area contributed by atoms with E-state index in [0.717, 1.165) is 27.7 Å². The van der Waals surface area contributed by atoms with Gasteiger partial charge in [-0.1, -0.05) is 68.8 Å². The first-order valence-electron chi connectivity index (χ1n) is 15.7. The second-order valence-electron chi connectivity index (χ2n) is 11.6. The van der Waals surface area contributed by atoms with Crippen molar-refractivity contribution in [2.24, 2.45) is 11.0 Å². The smallest absolute Gasteiger partial charge is 0.262 e. The van der Waals surface area contributed by atoms with Gasteiger partial charge in [0.05, 0.1) is 11.6 Å². The molecule has 5 aromatic rings. The van der Waals surface area contributed by atoms with Crippen LogP contribution >= 0.6 is 0 Å². The summed E-state index contributed by atoms with van der Waals surface area (Å²) in [7, 11) is 0. The molecule has 2 aromatic carbocycles. The minimum absolute atomic E-state index is 0.0868. The van der Waals surface area contributed by atoms with Gasteiger partial charge in [0.1, 0.15) is 23.3 Å². The molecule has 11 heteroatoms. The Hall–Kier alpha value is -5.58. The Kier molecular flexibility index (Phi) is 10.2. The van der Waals surface area contributed by atoms with Gasteiger partial charge >= 0.3 is 0 Å². The van der Waals surface area contributed by atoms with E-state index in [2.05, 4.69) is 31.1 Å². The molecule has 11 nitrogen and oxygen atoms in total. The number of para-hydroxylation sites is 1. The maximum Gasteiger partial charge on any atom is 0.262 e. The molecule has 0 spiro atoms. The number of H-pyrrole nitrogens is 1. The van der Waals surface area contributed by atoms with E-state index in [9.17, 15) is 19.2 Å². The molecule has 3 unspecified atom stereocenters. The summed E-state index contributed by atoms with van der Waals surface area (Å²) in [4.78, 5) is 61.9. The molecule has 0 saturated carbocycles. The zero-order valence-corrected chi connectivity index (χ0v) is 26.9. The monoisotopic (exact) mass is 633 g/mol. The molecule has 3 atom stereocenters. The number of carbonyl (C=O) groups excluding carboxylic acids is 3. The van der Waals surface area contributed by atoms with Gasteiger partial charge in [-0.2, -0.15) is 5.10 Å². The minimum Gasteiger partial charge on any atom is -0.361 e. The molecular formula is C36H39N7O4. The van der Waals surface area contributed by atoms with Crippen LogP contribution in [0.5, 0.6) is 0 Å². The van der Waals surface area contributed by atoms with Crippen molar-refractivity contribution in [3.63, 3.8) is 0 Å². The quantitative estimate of drug-likeness (QED) is 0.120. The van der Waals surface area contributed by atoms with Crippen LogP contribution in [-0.4, -0.2) is 50.6 Å². The molecule has 242 valence electrons. The zero-order chi connectivity index (χ0) is 33.5. The number of nitrogens with zero attached hydrogens (tertiary/aromatic N) is 3. The Morgan fingerprint density at radius 1 is 0.957 bits per heavy atom. The van der Waals surface area contributed by atoms with Crippen molar-refractivity contribution in [2.75, 3.05) is 0 Å². The number of aromatic amines is 1. The van der Waals surface area contributed by atoms with Crippen LogP contribution < -0.4 is 21.5 Å². The van der Waals surface area contributed by atoms with E-state index >= 15 is 0 Å². The van der Waals surface area contributed by atoms with Crippen LogP contribution in [0.15, 0.2) is 89.0 Å². The molecule has 5 rings (SSSR count). The second-order valence-corrected chi connectivity index (χ2v) is 11.6. The highest BCUT2D eigenvalue weighted by atomic mass is 16.2. The maximum absolute atomic E-state index is 13.8. The summed E-state index contributed by atoms with van der Waals surface area (Å²) in [6.45, 7) is 7.95. The van der Waals surface area contributed by atoms with Crippen LogP contribution in [0.2, 0.25) is 0 Å². The lowest BCUT2D eigenvalue weighted by Gasteiger charge is -2.26. The second kappa shape index (κ2) is 14.7. The third kappa shape index (κ3) is 7.46. The molecule has 3 amide bonds. The molecule has 3 aromatic heterocycles. The maximum atomic E-state index is 13.8. The van der Waals surface area contributed by atoms with E-state index in [-0.39, 0.29) is 17.9 Å². The highest BCUT2D eigenvalue weighted by molar-refractivity contribution is 6.01. The first-order chi connectivity index (χ1) is 22.7. The van der Waals surface area contributed by atoms with Gasteiger partial charge in [-0.05, 0) is 43.5 Å². The fourth-order valence-corrected chi connectivity index (χ4v) is 5.45. The Bertz CT molecular complexity index is 2000. The number of carbonyl (C=O) groups is 3. The summed E-state index contributed by atoms with van der Waals surface area (Å²) in [5, 5.41) is 11.1. The first kappa shape index (κ1) is 32.8. The predicted octanol–water partition coefficient (Wildman–Crippen LogP) is 4.23. The van der Waals surface area contributed by atoms with Gasteiger partial charge in [0.25, 0.3) is 11.8 Å².